The van der Waals surface area contributed by atoms with Crippen LogP contribution in [0.1, 0.15) is 82.5 Å². The van der Waals surface area contributed by atoms with Crippen molar-refractivity contribution in [1.82, 2.24) is 15.2 Å². The lowest BCUT2D eigenvalue weighted by Gasteiger charge is -2.37. The molecule has 0 saturated carbocycles. The molecule has 2 aromatic rings. The van der Waals surface area contributed by atoms with E-state index in [1.807, 2.05) is 6.08 Å². The number of ether oxygens (including phenoxy) is 3. The number of aromatic nitrogens is 1. The van der Waals surface area contributed by atoms with Crippen molar-refractivity contribution in [2.45, 2.75) is 109 Å². The zero-order valence-electron chi connectivity index (χ0n) is 26.5. The first-order valence-electron chi connectivity index (χ1n) is 15.3. The van der Waals surface area contributed by atoms with Crippen molar-refractivity contribution in [1.29, 1.82) is 0 Å². The Morgan fingerprint density at radius 3 is 2.60 bits per heavy atom. The van der Waals surface area contributed by atoms with Gasteiger partial charge in [0.05, 0.1) is 30.4 Å². The van der Waals surface area contributed by atoms with E-state index < -0.39 is 53.0 Å². The molecule has 45 heavy (non-hydrogen) atoms. The van der Waals surface area contributed by atoms with Crippen LogP contribution in [0.2, 0.25) is 0 Å². The molecule has 1 aromatic carbocycles. The van der Waals surface area contributed by atoms with Crippen molar-refractivity contribution in [3.63, 3.8) is 0 Å². The van der Waals surface area contributed by atoms with E-state index in [1.165, 1.54) is 18.1 Å². The van der Waals surface area contributed by atoms with Gasteiger partial charge in [-0.05, 0) is 65.9 Å². The lowest BCUT2D eigenvalue weighted by Crippen LogP contribution is -2.53. The average molecular weight is 634 g/mol. The summed E-state index contributed by atoms with van der Waals surface area (Å²) < 4.78 is 58.3. The number of pyridine rings is 1. The number of hydrogen-bond acceptors (Lipinski definition) is 7. The molecule has 1 N–H and O–H groups in total. The molecule has 0 aliphatic carbocycles. The molecule has 2 aliphatic heterocycles. The molecular weight excluding hydrogens is 591 g/mol. The van der Waals surface area contributed by atoms with Crippen LogP contribution in [-0.2, 0) is 31.7 Å². The van der Waals surface area contributed by atoms with Gasteiger partial charge in [0.2, 0.25) is 5.91 Å². The summed E-state index contributed by atoms with van der Waals surface area (Å²) in [5.41, 5.74) is -1.85. The number of rotatable bonds is 9. The van der Waals surface area contributed by atoms with Crippen molar-refractivity contribution in [3.8, 4) is 5.75 Å². The van der Waals surface area contributed by atoms with Gasteiger partial charge >= 0.3 is 18.2 Å². The van der Waals surface area contributed by atoms with E-state index in [-0.39, 0.29) is 24.2 Å². The number of nitrogens with one attached hydrogen (secondary N) is 1. The number of carbonyl (C=O) groups excluding carboxylic acids is 3. The van der Waals surface area contributed by atoms with Crippen LogP contribution in [0.4, 0.5) is 18.0 Å². The number of amides is 2. The van der Waals surface area contributed by atoms with Gasteiger partial charge in [0.1, 0.15) is 29.0 Å². The highest BCUT2D eigenvalue weighted by molar-refractivity contribution is 5.91. The number of para-hydroxylation sites is 1. The molecule has 2 amide bonds. The number of likely N-dealkylation sites (tertiary alicyclic amines) is 1. The van der Waals surface area contributed by atoms with E-state index in [0.717, 1.165) is 25.3 Å². The fourth-order valence-corrected chi connectivity index (χ4v) is 6.20. The van der Waals surface area contributed by atoms with Crippen LogP contribution in [0.25, 0.3) is 10.9 Å². The first-order valence-corrected chi connectivity index (χ1v) is 15.3. The minimum Gasteiger partial charge on any atom is -0.483 e. The Bertz CT molecular complexity index is 1450. The van der Waals surface area contributed by atoms with Gasteiger partial charge in [-0.25, -0.2) is 14.6 Å². The zero-order chi connectivity index (χ0) is 33.2. The molecule has 0 radical (unpaired) electrons. The molecule has 1 spiro atoms. The number of fused-ring (bicyclic) bond motifs is 3. The Hall–Kier alpha value is -3.83. The Balaban J connectivity index is 1.64. The first-order chi connectivity index (χ1) is 21.1. The molecule has 246 valence electrons. The Morgan fingerprint density at radius 1 is 1.22 bits per heavy atom. The van der Waals surface area contributed by atoms with Gasteiger partial charge in [-0.1, -0.05) is 31.1 Å². The normalized spacial score (nSPS) is 20.4. The van der Waals surface area contributed by atoms with E-state index in [4.69, 9.17) is 14.2 Å². The Morgan fingerprint density at radius 2 is 1.96 bits per heavy atom. The number of aryl methyl sites for hydroxylation is 2. The monoisotopic (exact) mass is 633 g/mol. The third kappa shape index (κ3) is 7.70. The van der Waals surface area contributed by atoms with Crippen molar-refractivity contribution in [2.75, 3.05) is 13.7 Å². The van der Waals surface area contributed by atoms with Crippen molar-refractivity contribution >= 4 is 28.9 Å². The van der Waals surface area contributed by atoms with E-state index in [1.54, 1.807) is 33.8 Å². The summed E-state index contributed by atoms with van der Waals surface area (Å²) in [5.74, 6) is -0.731. The maximum Gasteiger partial charge on any atom is 0.418 e. The highest BCUT2D eigenvalue weighted by Gasteiger charge is 2.53. The molecule has 1 fully saturated rings. The number of nitrogens with zero attached hydrogens (tertiary/aromatic N) is 2. The van der Waals surface area contributed by atoms with Crippen molar-refractivity contribution in [3.05, 3.63) is 47.7 Å². The predicted molar refractivity (Wildman–Crippen MR) is 162 cm³/mol. The number of hydrogen-bond donors (Lipinski definition) is 1. The average Bonchev–Trinajstić information content (AvgIpc) is 3.32. The molecule has 4 rings (SSSR count). The molecule has 3 heterocycles. The quantitative estimate of drug-likeness (QED) is 0.193. The summed E-state index contributed by atoms with van der Waals surface area (Å²) in [6, 6.07) is 2.01. The van der Waals surface area contributed by atoms with Crippen LogP contribution in [0.5, 0.6) is 5.75 Å². The molecule has 9 nitrogen and oxygen atoms in total. The molecule has 3 atom stereocenters. The molecule has 1 aromatic heterocycles. The number of unbranched alkanes of at least 4 members (excludes halogenated alkanes) is 3. The second-order valence-corrected chi connectivity index (χ2v) is 12.8. The smallest absolute Gasteiger partial charge is 0.418 e. The number of carbonyl (C=O) groups is 3. The minimum atomic E-state index is -4.57. The summed E-state index contributed by atoms with van der Waals surface area (Å²) in [6.07, 6.45) is 0.818. The maximum atomic E-state index is 14.1. The van der Waals surface area contributed by atoms with Gasteiger partial charge in [0.25, 0.3) is 0 Å². The number of allylic oxidation sites excluding steroid dienone is 1. The van der Waals surface area contributed by atoms with Gasteiger partial charge in [-0.15, -0.1) is 6.58 Å². The molecule has 2 aliphatic rings. The number of benzene rings is 1. The SMILES string of the molecule is C=CCCCCCC(NC(=O)OC(C)(C)C)C(=O)N1CC2(CCc3c(c(C)nc4c(C(F)(F)F)cccc34)O2)CC1C(=O)OC. The Kier molecular flexibility index (Phi) is 10.0. The maximum absolute atomic E-state index is 14.1. The van der Waals surface area contributed by atoms with E-state index in [2.05, 4.69) is 16.9 Å². The molecule has 12 heteroatoms. The van der Waals surface area contributed by atoms with E-state index in [9.17, 15) is 27.6 Å². The lowest BCUT2D eigenvalue weighted by atomic mass is 9.87. The number of alkyl halides is 3. The summed E-state index contributed by atoms with van der Waals surface area (Å²) >= 11 is 0. The third-order valence-electron chi connectivity index (χ3n) is 8.24. The Labute approximate surface area is 261 Å². The van der Waals surface area contributed by atoms with Crippen LogP contribution in [-0.4, -0.2) is 64.8 Å². The van der Waals surface area contributed by atoms with Gasteiger partial charge in [0.15, 0.2) is 0 Å². The third-order valence-corrected chi connectivity index (χ3v) is 8.24. The van der Waals surface area contributed by atoms with Gasteiger partial charge in [-0.3, -0.25) is 4.79 Å². The highest BCUT2D eigenvalue weighted by atomic mass is 19.4. The number of esters is 1. The topological polar surface area (TPSA) is 107 Å². The van der Waals surface area contributed by atoms with E-state index >= 15 is 0 Å². The second kappa shape index (κ2) is 13.3. The summed E-state index contributed by atoms with van der Waals surface area (Å²) in [5, 5.41) is 3.06. The van der Waals surface area contributed by atoms with Crippen LogP contribution in [0.15, 0.2) is 30.9 Å². The molecule has 3 unspecified atom stereocenters. The fraction of sp³-hybridized carbons (Fsp3) is 0.576. The number of halogens is 3. The van der Waals surface area contributed by atoms with Gasteiger partial charge in [0, 0.05) is 17.4 Å². The lowest BCUT2D eigenvalue weighted by molar-refractivity contribution is -0.151. The van der Waals surface area contributed by atoms with Crippen LogP contribution < -0.4 is 10.1 Å². The first kappa shape index (κ1) is 34.1. The summed E-state index contributed by atoms with van der Waals surface area (Å²) in [6.45, 7) is 10.5. The second-order valence-electron chi connectivity index (χ2n) is 12.8. The van der Waals surface area contributed by atoms with Gasteiger partial charge < -0.3 is 24.4 Å². The molecular formula is C33H42F3N3O6. The van der Waals surface area contributed by atoms with Crippen molar-refractivity contribution < 1.29 is 41.8 Å². The summed E-state index contributed by atoms with van der Waals surface area (Å²) in [7, 11) is 1.24. The summed E-state index contributed by atoms with van der Waals surface area (Å²) in [4.78, 5) is 45.6. The van der Waals surface area contributed by atoms with Gasteiger partial charge in [-0.2, -0.15) is 13.2 Å². The van der Waals surface area contributed by atoms with E-state index in [0.29, 0.717) is 42.4 Å². The predicted octanol–water partition coefficient (Wildman–Crippen LogP) is 6.43. The molecule has 1 saturated heterocycles. The standard InChI is InChI=1S/C33H42F3N3O6/c1-7-8-9-10-11-15-24(38-30(42)45-31(3,4)5)28(40)39-19-32(18-25(39)29(41)43-6)17-16-22-21-13-12-14-23(33(34,35)36)26(21)37-20(2)27(22)44-32/h7,12-14,24-25H,1,8-11,15-19H2,2-6H3,(H,38,42). The van der Waals surface area contributed by atoms with Crippen LogP contribution >= 0.6 is 0 Å². The van der Waals surface area contributed by atoms with Crippen LogP contribution in [0, 0.1) is 6.92 Å². The fourth-order valence-electron chi connectivity index (χ4n) is 6.20. The highest BCUT2D eigenvalue weighted by Crippen LogP contribution is 2.46. The van der Waals surface area contributed by atoms with Crippen molar-refractivity contribution in [2.24, 2.45) is 0 Å². The number of alkyl carbamates (subject to hydrolysis) is 1. The number of methoxy groups -OCH3 is 1. The molecule has 0 bridgehead atoms. The zero-order valence-corrected chi connectivity index (χ0v) is 26.5. The minimum absolute atomic E-state index is 0.0219. The van der Waals surface area contributed by atoms with Crippen LogP contribution in [0.3, 0.4) is 0 Å². The largest absolute Gasteiger partial charge is 0.483 e.